The van der Waals surface area contributed by atoms with Crippen molar-refractivity contribution in [1.29, 1.82) is 0 Å². The Morgan fingerprint density at radius 3 is 2.77 bits per heavy atom. The third kappa shape index (κ3) is 4.52. The van der Waals surface area contributed by atoms with Crippen LogP contribution in [0.4, 0.5) is 0 Å². The smallest absolute Gasteiger partial charge is 0.251 e. The van der Waals surface area contributed by atoms with Crippen LogP contribution in [0.2, 0.25) is 0 Å². The number of amides is 1. The molecular formula is C23H24N2O5. The van der Waals surface area contributed by atoms with Crippen LogP contribution in [-0.4, -0.2) is 36.0 Å². The number of nitrogens with one attached hydrogen (secondary N) is 1. The summed E-state index contributed by atoms with van der Waals surface area (Å²) in [6.45, 7) is 0.350. The van der Waals surface area contributed by atoms with Crippen LogP contribution < -0.4 is 10.1 Å². The number of nitrogens with zero attached hydrogens (tertiary/aromatic N) is 1. The summed E-state index contributed by atoms with van der Waals surface area (Å²) in [5.41, 5.74) is 1.28. The molecule has 0 saturated heterocycles. The molecule has 2 heterocycles. The number of rotatable bonds is 6. The number of aromatic nitrogens is 1. The van der Waals surface area contributed by atoms with E-state index in [1.165, 1.54) is 6.26 Å². The van der Waals surface area contributed by atoms with Crippen molar-refractivity contribution in [1.82, 2.24) is 10.3 Å². The van der Waals surface area contributed by atoms with Gasteiger partial charge in [-0.25, -0.2) is 0 Å². The number of pyridine rings is 1. The minimum absolute atomic E-state index is 0.0435. The Kier molecular flexibility index (Phi) is 6.09. The molecule has 1 aliphatic heterocycles. The maximum atomic E-state index is 12.8. The fourth-order valence-electron chi connectivity index (χ4n) is 3.80. The lowest BCUT2D eigenvalue weighted by atomic mass is 9.80. The molecule has 2 aromatic rings. The van der Waals surface area contributed by atoms with E-state index in [-0.39, 0.29) is 35.6 Å². The molecule has 3 unspecified atom stereocenters. The molecule has 0 spiro atoms. The maximum Gasteiger partial charge on any atom is 0.251 e. The Morgan fingerprint density at radius 2 is 2.03 bits per heavy atom. The average Bonchev–Trinajstić information content (AvgIpc) is 2.80. The van der Waals surface area contributed by atoms with E-state index < -0.39 is 0 Å². The van der Waals surface area contributed by atoms with Gasteiger partial charge in [0.05, 0.1) is 24.3 Å². The zero-order valence-corrected chi connectivity index (χ0v) is 16.7. The zero-order chi connectivity index (χ0) is 20.9. The number of ether oxygens (including phenoxy) is 3. The third-order valence-corrected chi connectivity index (χ3v) is 5.51. The van der Waals surface area contributed by atoms with Crippen molar-refractivity contribution >= 4 is 11.7 Å². The molecule has 1 fully saturated rings. The molecule has 1 aliphatic carbocycles. The van der Waals surface area contributed by atoms with Crippen LogP contribution in [0.5, 0.6) is 5.75 Å². The van der Waals surface area contributed by atoms with Gasteiger partial charge in [-0.15, -0.1) is 0 Å². The second-order valence-electron chi connectivity index (χ2n) is 7.43. The molecule has 0 bridgehead atoms. The number of hydrogen-bond donors (Lipinski definition) is 1. The minimum atomic E-state index is -0.207. The topological polar surface area (TPSA) is 86.8 Å². The van der Waals surface area contributed by atoms with E-state index in [1.54, 1.807) is 37.6 Å². The first-order valence-electron chi connectivity index (χ1n) is 10.0. The summed E-state index contributed by atoms with van der Waals surface area (Å²) >= 11 is 0. The number of methoxy groups -OCH3 is 1. The molecule has 7 nitrogen and oxygen atoms in total. The summed E-state index contributed by atoms with van der Waals surface area (Å²) in [5, 5.41) is 2.82. The number of fused-ring (bicyclic) bond motifs is 1. The Labute approximate surface area is 175 Å². The van der Waals surface area contributed by atoms with Gasteiger partial charge in [-0.3, -0.25) is 14.6 Å². The minimum Gasteiger partial charge on any atom is -0.493 e. The third-order valence-electron chi connectivity index (χ3n) is 5.51. The van der Waals surface area contributed by atoms with Crippen molar-refractivity contribution < 1.29 is 23.8 Å². The van der Waals surface area contributed by atoms with Crippen LogP contribution in [-0.2, 0) is 20.8 Å². The van der Waals surface area contributed by atoms with E-state index in [0.717, 1.165) is 18.5 Å². The number of carbonyl (C=O) groups is 2. The Balaban J connectivity index is 1.35. The van der Waals surface area contributed by atoms with Crippen LogP contribution in [0.25, 0.3) is 0 Å². The van der Waals surface area contributed by atoms with Crippen molar-refractivity contribution in [2.24, 2.45) is 5.92 Å². The lowest BCUT2D eigenvalue weighted by Gasteiger charge is -2.36. The molecular weight excluding hydrogens is 384 g/mol. The Hall–Kier alpha value is -3.19. The SMILES string of the molecule is COC1CCC2C(=O)C(Oc3ccc(C(=O)NCc4ccccn4)cc3)=COC2C1. The van der Waals surface area contributed by atoms with Crippen LogP contribution in [0.15, 0.2) is 60.7 Å². The predicted octanol–water partition coefficient (Wildman–Crippen LogP) is 3.01. The van der Waals surface area contributed by atoms with Crippen LogP contribution in [0.3, 0.4) is 0 Å². The number of carbonyl (C=O) groups excluding carboxylic acids is 2. The molecule has 2 aliphatic rings. The van der Waals surface area contributed by atoms with E-state index in [9.17, 15) is 9.59 Å². The van der Waals surface area contributed by atoms with Crippen LogP contribution in [0.1, 0.15) is 35.3 Å². The largest absolute Gasteiger partial charge is 0.493 e. The molecule has 4 rings (SSSR count). The highest BCUT2D eigenvalue weighted by atomic mass is 16.5. The highest BCUT2D eigenvalue weighted by Crippen LogP contribution is 2.34. The van der Waals surface area contributed by atoms with E-state index in [4.69, 9.17) is 14.2 Å². The summed E-state index contributed by atoms with van der Waals surface area (Å²) in [4.78, 5) is 29.3. The molecule has 1 amide bonds. The van der Waals surface area contributed by atoms with Crippen LogP contribution >= 0.6 is 0 Å². The van der Waals surface area contributed by atoms with Gasteiger partial charge >= 0.3 is 0 Å². The fraction of sp³-hybridized carbons (Fsp3) is 0.348. The van der Waals surface area contributed by atoms with Gasteiger partial charge in [0, 0.05) is 25.3 Å². The highest BCUT2D eigenvalue weighted by molar-refractivity contribution is 5.97. The van der Waals surface area contributed by atoms with E-state index in [2.05, 4.69) is 10.3 Å². The molecule has 0 radical (unpaired) electrons. The monoisotopic (exact) mass is 408 g/mol. The second-order valence-corrected chi connectivity index (χ2v) is 7.43. The van der Waals surface area contributed by atoms with Crippen molar-refractivity contribution in [3.63, 3.8) is 0 Å². The fourth-order valence-corrected chi connectivity index (χ4v) is 3.80. The molecule has 1 saturated carbocycles. The van der Waals surface area contributed by atoms with Crippen LogP contribution in [0, 0.1) is 5.92 Å². The summed E-state index contributed by atoms with van der Waals surface area (Å²) < 4.78 is 16.9. The molecule has 156 valence electrons. The standard InChI is InChI=1S/C23H24N2O5/c1-28-18-9-10-19-20(12-18)29-14-21(22(19)26)30-17-7-5-15(6-8-17)23(27)25-13-16-4-2-3-11-24-16/h2-8,11,14,18-20H,9-10,12-13H2,1H3,(H,25,27). The summed E-state index contributed by atoms with van der Waals surface area (Å²) in [6, 6.07) is 12.2. The number of ketones is 1. The van der Waals surface area contributed by atoms with Gasteiger partial charge in [-0.2, -0.15) is 0 Å². The molecule has 7 heteroatoms. The molecule has 1 N–H and O–H groups in total. The molecule has 3 atom stereocenters. The quantitative estimate of drug-likeness (QED) is 0.791. The molecule has 1 aromatic carbocycles. The number of Topliss-reactive ketones (excluding diaryl/α,β-unsaturated/α-hetero) is 1. The first kappa shape index (κ1) is 20.1. The van der Waals surface area contributed by atoms with E-state index in [1.807, 2.05) is 18.2 Å². The zero-order valence-electron chi connectivity index (χ0n) is 16.7. The van der Waals surface area contributed by atoms with Gasteiger partial charge in [0.1, 0.15) is 18.1 Å². The molecule has 1 aromatic heterocycles. The van der Waals surface area contributed by atoms with Crippen molar-refractivity contribution in [2.45, 2.75) is 38.0 Å². The van der Waals surface area contributed by atoms with E-state index in [0.29, 0.717) is 24.3 Å². The summed E-state index contributed by atoms with van der Waals surface area (Å²) in [6.07, 6.45) is 5.32. The van der Waals surface area contributed by atoms with E-state index >= 15 is 0 Å². The maximum absolute atomic E-state index is 12.8. The Bertz CT molecular complexity index is 926. The number of benzene rings is 1. The predicted molar refractivity (Wildman–Crippen MR) is 109 cm³/mol. The van der Waals surface area contributed by atoms with Gasteiger partial charge in [0.2, 0.25) is 11.5 Å². The second kappa shape index (κ2) is 9.09. The normalized spacial score (nSPS) is 23.0. The lowest BCUT2D eigenvalue weighted by Crippen LogP contribution is -2.42. The van der Waals surface area contributed by atoms with Crippen molar-refractivity contribution in [2.75, 3.05) is 7.11 Å². The first-order chi connectivity index (χ1) is 14.6. The number of hydrogen-bond acceptors (Lipinski definition) is 6. The van der Waals surface area contributed by atoms with Crippen molar-refractivity contribution in [3.05, 3.63) is 71.9 Å². The number of allylic oxidation sites excluding steroid dienone is 1. The summed E-state index contributed by atoms with van der Waals surface area (Å²) in [5.74, 6) is 0.218. The first-order valence-corrected chi connectivity index (χ1v) is 10.0. The van der Waals surface area contributed by atoms with Gasteiger partial charge in [-0.1, -0.05) is 6.07 Å². The Morgan fingerprint density at radius 1 is 1.20 bits per heavy atom. The van der Waals surface area contributed by atoms with Gasteiger partial charge in [0.25, 0.3) is 5.91 Å². The van der Waals surface area contributed by atoms with Gasteiger partial charge in [-0.05, 0) is 49.2 Å². The van der Waals surface area contributed by atoms with Crippen molar-refractivity contribution in [3.8, 4) is 5.75 Å². The van der Waals surface area contributed by atoms with Gasteiger partial charge in [0.15, 0.2) is 0 Å². The van der Waals surface area contributed by atoms with Gasteiger partial charge < -0.3 is 19.5 Å². The average molecular weight is 408 g/mol. The lowest BCUT2D eigenvalue weighted by molar-refractivity contribution is -0.133. The molecule has 30 heavy (non-hydrogen) atoms. The highest BCUT2D eigenvalue weighted by Gasteiger charge is 2.41. The summed E-state index contributed by atoms with van der Waals surface area (Å²) in [7, 11) is 1.68.